The van der Waals surface area contributed by atoms with Crippen molar-refractivity contribution in [3.8, 4) is 11.5 Å². The zero-order valence-electron chi connectivity index (χ0n) is 26.2. The van der Waals surface area contributed by atoms with Gasteiger partial charge in [-0.1, -0.05) is 81.4 Å². The third kappa shape index (κ3) is 8.22. The summed E-state index contributed by atoms with van der Waals surface area (Å²) < 4.78 is 17.0. The zero-order chi connectivity index (χ0) is 33.4. The molecule has 2 aromatic carbocycles. The van der Waals surface area contributed by atoms with E-state index in [1.54, 1.807) is 44.2 Å². The maximum Gasteiger partial charge on any atom is 0.308 e. The average Bonchev–Trinajstić information content (AvgIpc) is 3.07. The van der Waals surface area contributed by atoms with Crippen LogP contribution in [0, 0.1) is 17.8 Å². The first-order valence-corrected chi connectivity index (χ1v) is 15.1. The number of methoxy groups -OCH3 is 1. The van der Waals surface area contributed by atoms with Crippen LogP contribution in [-0.4, -0.2) is 53.3 Å². The van der Waals surface area contributed by atoms with Crippen LogP contribution < -0.4 is 20.3 Å². The normalized spacial score (nSPS) is 20.5. The van der Waals surface area contributed by atoms with Crippen molar-refractivity contribution in [3.63, 3.8) is 0 Å². The quantitative estimate of drug-likeness (QED) is 0.238. The summed E-state index contributed by atoms with van der Waals surface area (Å²) in [7, 11) is 1.38. The summed E-state index contributed by atoms with van der Waals surface area (Å²) in [5.74, 6) is -6.87. The topological polar surface area (TPSA) is 158 Å². The summed E-state index contributed by atoms with van der Waals surface area (Å²) in [6, 6.07) is 18.0. The number of pyridine rings is 1. The Morgan fingerprint density at radius 1 is 0.913 bits per heavy atom. The second kappa shape index (κ2) is 15.4. The molecule has 242 valence electrons. The third-order valence-corrected chi connectivity index (χ3v) is 7.89. The number of ketones is 4. The Balaban J connectivity index is 1.64. The molecule has 46 heavy (non-hydrogen) atoms. The van der Waals surface area contributed by atoms with Gasteiger partial charge in [0, 0.05) is 19.0 Å². The molecule has 0 bridgehead atoms. The molecule has 1 saturated carbocycles. The van der Waals surface area contributed by atoms with Gasteiger partial charge in [0.1, 0.15) is 12.7 Å². The molecule has 0 unspecified atom stereocenters. The van der Waals surface area contributed by atoms with Crippen molar-refractivity contribution in [1.29, 1.82) is 0 Å². The molecule has 1 aliphatic carbocycles. The second-order valence-corrected chi connectivity index (χ2v) is 11.6. The van der Waals surface area contributed by atoms with E-state index in [4.69, 9.17) is 14.2 Å². The molecule has 2 N–H and O–H groups in total. The zero-order valence-corrected chi connectivity index (χ0v) is 26.2. The summed E-state index contributed by atoms with van der Waals surface area (Å²) in [6.45, 7) is 4.56. The molecule has 0 saturated heterocycles. The highest BCUT2D eigenvalue weighted by molar-refractivity contribution is 6.44. The Hall–Kier alpha value is -4.90. The fraction of sp³-hybridized carbons (Fsp3) is 0.371. The minimum Gasteiger partial charge on any atom is -0.493 e. The van der Waals surface area contributed by atoms with Gasteiger partial charge in [-0.05, 0) is 17.5 Å². The molecule has 11 nitrogen and oxygen atoms in total. The lowest BCUT2D eigenvalue weighted by molar-refractivity contribution is -0.163. The maximum atomic E-state index is 13.7. The average molecular weight is 631 g/mol. The molecule has 0 spiro atoms. The van der Waals surface area contributed by atoms with Gasteiger partial charge in [0.05, 0.1) is 36.6 Å². The van der Waals surface area contributed by atoms with Crippen LogP contribution in [0.4, 0.5) is 0 Å². The fourth-order valence-corrected chi connectivity index (χ4v) is 5.29. The van der Waals surface area contributed by atoms with E-state index in [9.17, 15) is 28.8 Å². The van der Waals surface area contributed by atoms with Crippen molar-refractivity contribution in [2.45, 2.75) is 58.9 Å². The molecule has 3 aromatic rings. The van der Waals surface area contributed by atoms with Gasteiger partial charge in [-0.2, -0.15) is 0 Å². The first-order valence-electron chi connectivity index (χ1n) is 15.1. The van der Waals surface area contributed by atoms with Gasteiger partial charge in [0.25, 0.3) is 5.56 Å². The van der Waals surface area contributed by atoms with Crippen LogP contribution in [-0.2, 0) is 48.3 Å². The Morgan fingerprint density at radius 2 is 1.54 bits per heavy atom. The van der Waals surface area contributed by atoms with Crippen molar-refractivity contribution in [3.05, 3.63) is 93.9 Å². The number of Topliss-reactive ketones (excluding diaryl/α,β-unsaturated/α-hetero) is 4. The van der Waals surface area contributed by atoms with Crippen LogP contribution in [0.25, 0.3) is 0 Å². The Bertz CT molecular complexity index is 1630. The van der Waals surface area contributed by atoms with Crippen LogP contribution in [0.15, 0.2) is 71.5 Å². The van der Waals surface area contributed by atoms with E-state index >= 15 is 0 Å². The summed E-state index contributed by atoms with van der Waals surface area (Å²) in [6.07, 6.45) is -1.92. The number of esters is 1. The standard InChI is InChI=1S/C35H38N2O9/c1-20(2)35(43)46-33-21(3)30(40)32(42)25(16-27(38)31(41)24(33)15-22-11-7-5-8-12-22)36-18-26-34(28(44-4)17-29(39)37-26)45-19-23-13-9-6-10-14-23/h5-14,17,20-21,24-25,33,36H,15-16,18-19H2,1-4H3,(H,37,39)/t21-,24+,25+,33-/m1/s1. The van der Waals surface area contributed by atoms with Gasteiger partial charge in [0.15, 0.2) is 11.5 Å². The van der Waals surface area contributed by atoms with Gasteiger partial charge in [0.2, 0.25) is 23.1 Å². The first-order chi connectivity index (χ1) is 22.0. The predicted molar refractivity (Wildman–Crippen MR) is 167 cm³/mol. The first kappa shape index (κ1) is 34.0. The van der Waals surface area contributed by atoms with Gasteiger partial charge < -0.3 is 24.5 Å². The van der Waals surface area contributed by atoms with Crippen molar-refractivity contribution in [1.82, 2.24) is 10.3 Å². The number of ether oxygens (including phenoxy) is 3. The number of carbonyl (C=O) groups excluding carboxylic acids is 5. The van der Waals surface area contributed by atoms with Crippen LogP contribution in [0.3, 0.4) is 0 Å². The minimum atomic E-state index is -1.40. The van der Waals surface area contributed by atoms with Gasteiger partial charge in [-0.15, -0.1) is 0 Å². The largest absolute Gasteiger partial charge is 0.493 e. The molecule has 0 radical (unpaired) electrons. The maximum absolute atomic E-state index is 13.7. The number of rotatable bonds is 11. The second-order valence-electron chi connectivity index (χ2n) is 11.6. The van der Waals surface area contributed by atoms with Crippen molar-refractivity contribution >= 4 is 29.1 Å². The molecular formula is C35H38N2O9. The van der Waals surface area contributed by atoms with Crippen LogP contribution >= 0.6 is 0 Å². The molecule has 4 rings (SSSR count). The third-order valence-electron chi connectivity index (χ3n) is 7.89. The minimum absolute atomic E-state index is 0.0263. The SMILES string of the molecule is COc1cc(=O)[nH]c(CN[C@H]2CC(=O)C(=O)[C@H](Cc3ccccc3)[C@H](OC(=O)C(C)C)[C@H](C)C(=O)C2=O)c1OCc1ccccc1. The highest BCUT2D eigenvalue weighted by Crippen LogP contribution is 2.30. The van der Waals surface area contributed by atoms with E-state index in [1.165, 1.54) is 20.1 Å². The molecule has 11 heteroatoms. The van der Waals surface area contributed by atoms with Gasteiger partial charge in [-0.3, -0.25) is 28.8 Å². The molecule has 1 aromatic heterocycles. The summed E-state index contributed by atoms with van der Waals surface area (Å²) in [5.41, 5.74) is 1.25. The van der Waals surface area contributed by atoms with E-state index in [0.717, 1.165) is 5.56 Å². The fourth-order valence-electron chi connectivity index (χ4n) is 5.29. The summed E-state index contributed by atoms with van der Waals surface area (Å²) in [4.78, 5) is 82.2. The summed E-state index contributed by atoms with van der Waals surface area (Å²) >= 11 is 0. The predicted octanol–water partition coefficient (Wildman–Crippen LogP) is 3.16. The number of H-pyrrole nitrogens is 1. The lowest BCUT2D eigenvalue weighted by Crippen LogP contribution is -2.46. The molecular weight excluding hydrogens is 592 g/mol. The Kier molecular flexibility index (Phi) is 11.4. The number of aromatic nitrogens is 1. The summed E-state index contributed by atoms with van der Waals surface area (Å²) in [5, 5.41) is 2.88. The van der Waals surface area contributed by atoms with Crippen molar-refractivity contribution < 1.29 is 38.2 Å². The number of nitrogens with one attached hydrogen (secondary N) is 2. The number of hydrogen-bond donors (Lipinski definition) is 2. The molecule has 1 fully saturated rings. The van der Waals surface area contributed by atoms with Crippen LogP contribution in [0.5, 0.6) is 11.5 Å². The van der Waals surface area contributed by atoms with Gasteiger partial charge in [-0.25, -0.2) is 0 Å². The Morgan fingerprint density at radius 3 is 2.15 bits per heavy atom. The van der Waals surface area contributed by atoms with Crippen molar-refractivity contribution in [2.24, 2.45) is 17.8 Å². The van der Waals surface area contributed by atoms with E-state index in [-0.39, 0.29) is 36.8 Å². The molecule has 1 heterocycles. The number of aromatic amines is 1. The lowest BCUT2D eigenvalue weighted by atomic mass is 9.81. The van der Waals surface area contributed by atoms with E-state index in [2.05, 4.69) is 10.3 Å². The molecule has 0 amide bonds. The van der Waals surface area contributed by atoms with Crippen LogP contribution in [0.1, 0.15) is 44.0 Å². The molecule has 4 atom stereocenters. The smallest absolute Gasteiger partial charge is 0.308 e. The number of hydrogen-bond acceptors (Lipinski definition) is 10. The van der Waals surface area contributed by atoms with E-state index in [0.29, 0.717) is 5.56 Å². The highest BCUT2D eigenvalue weighted by atomic mass is 16.5. The monoisotopic (exact) mass is 630 g/mol. The number of carbonyl (C=O) groups is 5. The van der Waals surface area contributed by atoms with E-state index in [1.807, 2.05) is 30.3 Å². The molecule has 1 aliphatic rings. The molecule has 0 aliphatic heterocycles. The van der Waals surface area contributed by atoms with Gasteiger partial charge >= 0.3 is 5.97 Å². The number of benzene rings is 2. The Labute approximate surface area is 266 Å². The van der Waals surface area contributed by atoms with Crippen molar-refractivity contribution in [2.75, 3.05) is 7.11 Å². The van der Waals surface area contributed by atoms with E-state index < -0.39 is 71.0 Å². The van der Waals surface area contributed by atoms with Crippen LogP contribution in [0.2, 0.25) is 0 Å². The highest BCUT2D eigenvalue weighted by Gasteiger charge is 2.46. The lowest BCUT2D eigenvalue weighted by Gasteiger charge is -2.29.